The van der Waals surface area contributed by atoms with Crippen molar-refractivity contribution in [2.75, 3.05) is 18.0 Å². The summed E-state index contributed by atoms with van der Waals surface area (Å²) in [5.74, 6) is 1.10. The van der Waals surface area contributed by atoms with Gasteiger partial charge in [-0.15, -0.1) is 0 Å². The smallest absolute Gasteiger partial charge is 0.273 e. The second-order valence-electron chi connectivity index (χ2n) is 7.51. The lowest BCUT2D eigenvalue weighted by Crippen LogP contribution is -2.34. The third-order valence-electron chi connectivity index (χ3n) is 5.28. The van der Waals surface area contributed by atoms with E-state index in [-0.39, 0.29) is 11.2 Å². The summed E-state index contributed by atoms with van der Waals surface area (Å²) in [5, 5.41) is 0. The minimum Gasteiger partial charge on any atom is -0.380 e. The molecular weight excluding hydrogens is 322 g/mol. The summed E-state index contributed by atoms with van der Waals surface area (Å²) in [7, 11) is 0. The van der Waals surface area contributed by atoms with E-state index in [2.05, 4.69) is 53.9 Å². The van der Waals surface area contributed by atoms with Crippen LogP contribution in [0.2, 0.25) is 0 Å². The molecule has 3 rings (SSSR count). The van der Waals surface area contributed by atoms with Crippen LogP contribution in [0, 0.1) is 12.5 Å². The van der Waals surface area contributed by atoms with Gasteiger partial charge in [0.15, 0.2) is 0 Å². The van der Waals surface area contributed by atoms with Crippen molar-refractivity contribution in [2.45, 2.75) is 45.6 Å². The summed E-state index contributed by atoms with van der Waals surface area (Å²) < 4.78 is 1.69. The molecule has 26 heavy (non-hydrogen) atoms. The molecular formula is C22H27N3O. The zero-order valence-electron chi connectivity index (χ0n) is 15.7. The van der Waals surface area contributed by atoms with Crippen LogP contribution in [0.3, 0.4) is 0 Å². The van der Waals surface area contributed by atoms with Crippen molar-refractivity contribution < 1.29 is 0 Å². The molecule has 1 aliphatic heterocycles. The maximum atomic E-state index is 12.7. The van der Waals surface area contributed by atoms with Crippen LogP contribution >= 0.6 is 0 Å². The van der Waals surface area contributed by atoms with Crippen LogP contribution in [-0.2, 0) is 6.54 Å². The molecule has 4 nitrogen and oxygen atoms in total. The monoisotopic (exact) mass is 349 g/mol. The van der Waals surface area contributed by atoms with Gasteiger partial charge >= 0.3 is 0 Å². The van der Waals surface area contributed by atoms with Crippen LogP contribution in [0.4, 0.5) is 11.4 Å². The molecule has 1 fully saturated rings. The zero-order chi connectivity index (χ0) is 18.5. The molecule has 0 amide bonds. The fourth-order valence-corrected chi connectivity index (χ4v) is 3.67. The molecule has 0 saturated carbocycles. The fraction of sp³-hybridized carbons (Fsp3) is 0.455. The Morgan fingerprint density at radius 1 is 1.15 bits per heavy atom. The Labute approximate surface area is 155 Å². The summed E-state index contributed by atoms with van der Waals surface area (Å²) in [6, 6.07) is 12.6. The van der Waals surface area contributed by atoms with Crippen molar-refractivity contribution in [3.8, 4) is 0 Å². The molecule has 1 aromatic heterocycles. The Kier molecular flexibility index (Phi) is 5.78. The Bertz CT molecular complexity index is 825. The Morgan fingerprint density at radius 3 is 2.46 bits per heavy atom. The first kappa shape index (κ1) is 18.3. The van der Waals surface area contributed by atoms with Gasteiger partial charge in [-0.05, 0) is 42.7 Å². The van der Waals surface area contributed by atoms with Gasteiger partial charge in [0.25, 0.3) is 11.2 Å². The molecule has 2 aromatic rings. The number of aryl methyl sites for hydroxylation is 1. The molecule has 4 heteroatoms. The zero-order valence-corrected chi connectivity index (χ0v) is 15.7. The van der Waals surface area contributed by atoms with E-state index >= 15 is 0 Å². The van der Waals surface area contributed by atoms with Gasteiger partial charge in [0.1, 0.15) is 0 Å². The highest BCUT2D eigenvalue weighted by Crippen LogP contribution is 2.33. The lowest BCUT2D eigenvalue weighted by atomic mass is 9.89. The Hall–Kier alpha value is -2.54. The van der Waals surface area contributed by atoms with Gasteiger partial charge in [-0.1, -0.05) is 44.2 Å². The van der Waals surface area contributed by atoms with Crippen LogP contribution in [-0.4, -0.2) is 17.7 Å². The van der Waals surface area contributed by atoms with Crippen molar-refractivity contribution in [3.63, 3.8) is 0 Å². The molecule has 1 aromatic carbocycles. The van der Waals surface area contributed by atoms with Gasteiger partial charge in [-0.2, -0.15) is 0 Å². The fourth-order valence-electron chi connectivity index (χ4n) is 3.67. The van der Waals surface area contributed by atoms with E-state index in [0.29, 0.717) is 18.4 Å². The molecule has 0 atom stereocenters. The average molecular weight is 349 g/mol. The highest BCUT2D eigenvalue weighted by molar-refractivity contribution is 5.69. The highest BCUT2D eigenvalue weighted by Gasteiger charge is 2.23. The van der Waals surface area contributed by atoms with Gasteiger partial charge in [0.2, 0.25) is 0 Å². The predicted octanol–water partition coefficient (Wildman–Crippen LogP) is 4.83. The summed E-state index contributed by atoms with van der Waals surface area (Å²) in [4.78, 5) is 18.5. The normalized spacial score (nSPS) is 15.2. The minimum atomic E-state index is -0.150. The van der Waals surface area contributed by atoms with E-state index < -0.39 is 0 Å². The van der Waals surface area contributed by atoms with Crippen LogP contribution in [0.1, 0.15) is 44.6 Å². The number of nitrogens with zero attached hydrogens (tertiary/aromatic N) is 3. The van der Waals surface area contributed by atoms with E-state index in [1.165, 1.54) is 5.56 Å². The van der Waals surface area contributed by atoms with Gasteiger partial charge in [-0.25, -0.2) is 4.85 Å². The van der Waals surface area contributed by atoms with Gasteiger partial charge < -0.3 is 9.47 Å². The number of hydrogen-bond donors (Lipinski definition) is 0. The van der Waals surface area contributed by atoms with E-state index in [1.54, 1.807) is 4.57 Å². The number of anilines is 1. The van der Waals surface area contributed by atoms with E-state index in [0.717, 1.165) is 38.0 Å². The van der Waals surface area contributed by atoms with Gasteiger partial charge in [0, 0.05) is 31.5 Å². The topological polar surface area (TPSA) is 29.6 Å². The first-order valence-electron chi connectivity index (χ1n) is 9.51. The lowest BCUT2D eigenvalue weighted by molar-refractivity contribution is 0.501. The Balaban J connectivity index is 1.75. The maximum absolute atomic E-state index is 12.7. The summed E-state index contributed by atoms with van der Waals surface area (Å²) >= 11 is 0. The van der Waals surface area contributed by atoms with Crippen LogP contribution in [0.5, 0.6) is 0 Å². The SMILES string of the molecule is [C-]#[N+]c1c(N2CCC(c3ccccc3)CC2)ccn(CCC(C)C)c1=O. The summed E-state index contributed by atoms with van der Waals surface area (Å²) in [6.45, 7) is 14.3. The summed E-state index contributed by atoms with van der Waals surface area (Å²) in [5.41, 5.74) is 2.32. The third kappa shape index (κ3) is 3.99. The third-order valence-corrected chi connectivity index (χ3v) is 5.28. The first-order valence-corrected chi connectivity index (χ1v) is 9.51. The van der Waals surface area contributed by atoms with Gasteiger partial charge in [0.05, 0.1) is 6.57 Å². The average Bonchev–Trinajstić information content (AvgIpc) is 2.67. The lowest BCUT2D eigenvalue weighted by Gasteiger charge is -2.34. The standard InChI is InChI=1S/C22H27N3O/c1-17(2)9-13-25-16-12-20(21(23-3)22(25)26)24-14-10-19(11-15-24)18-7-5-4-6-8-18/h4-8,12,16-17,19H,9-11,13-15H2,1-2H3. The molecule has 2 heterocycles. The minimum absolute atomic E-state index is 0.150. The van der Waals surface area contributed by atoms with Crippen LogP contribution in [0.15, 0.2) is 47.4 Å². The van der Waals surface area contributed by atoms with Crippen molar-refractivity contribution in [3.05, 3.63) is 69.9 Å². The number of rotatable bonds is 5. The van der Waals surface area contributed by atoms with Crippen LogP contribution < -0.4 is 10.5 Å². The van der Waals surface area contributed by atoms with E-state index in [4.69, 9.17) is 6.57 Å². The number of piperidine rings is 1. The van der Waals surface area contributed by atoms with Gasteiger partial charge in [-0.3, -0.25) is 4.79 Å². The number of benzene rings is 1. The molecule has 1 aliphatic rings. The molecule has 0 N–H and O–H groups in total. The quantitative estimate of drug-likeness (QED) is 0.724. The van der Waals surface area contributed by atoms with Crippen molar-refractivity contribution >= 4 is 11.4 Å². The highest BCUT2D eigenvalue weighted by atomic mass is 16.1. The number of pyridine rings is 1. The second-order valence-corrected chi connectivity index (χ2v) is 7.51. The van der Waals surface area contributed by atoms with Crippen molar-refractivity contribution in [1.29, 1.82) is 0 Å². The molecule has 1 saturated heterocycles. The molecule has 0 unspecified atom stereocenters. The Morgan fingerprint density at radius 2 is 1.85 bits per heavy atom. The van der Waals surface area contributed by atoms with E-state index in [9.17, 15) is 4.79 Å². The molecule has 136 valence electrons. The second kappa shape index (κ2) is 8.23. The molecule has 0 bridgehead atoms. The maximum Gasteiger partial charge on any atom is 0.273 e. The number of aromatic nitrogens is 1. The number of hydrogen-bond acceptors (Lipinski definition) is 2. The van der Waals surface area contributed by atoms with Crippen molar-refractivity contribution in [2.24, 2.45) is 5.92 Å². The molecule has 0 spiro atoms. The largest absolute Gasteiger partial charge is 0.380 e. The van der Waals surface area contributed by atoms with E-state index in [1.807, 2.05) is 12.3 Å². The van der Waals surface area contributed by atoms with Crippen LogP contribution in [0.25, 0.3) is 4.85 Å². The first-order chi connectivity index (χ1) is 12.6. The molecule has 0 radical (unpaired) electrons. The summed E-state index contributed by atoms with van der Waals surface area (Å²) in [6.07, 6.45) is 4.91. The predicted molar refractivity (Wildman–Crippen MR) is 107 cm³/mol. The van der Waals surface area contributed by atoms with Crippen molar-refractivity contribution in [1.82, 2.24) is 4.57 Å². The molecule has 0 aliphatic carbocycles.